The van der Waals surface area contributed by atoms with Crippen LogP contribution < -0.4 is 15.4 Å². The number of carbonyl (C=O) groups excluding carboxylic acids is 2. The molecular formula is C14H13F2N3O5. The van der Waals surface area contributed by atoms with Crippen LogP contribution in [0.5, 0.6) is 5.75 Å². The number of nitrogens with zero attached hydrogens (tertiary/aromatic N) is 2. The second-order valence-corrected chi connectivity index (χ2v) is 5.73. The van der Waals surface area contributed by atoms with E-state index in [-0.39, 0.29) is 17.9 Å². The van der Waals surface area contributed by atoms with Crippen LogP contribution in [-0.2, 0) is 9.59 Å². The molecule has 8 nitrogen and oxygen atoms in total. The van der Waals surface area contributed by atoms with Crippen LogP contribution in [0.1, 0.15) is 6.42 Å². The van der Waals surface area contributed by atoms with E-state index in [2.05, 4.69) is 0 Å². The number of hydrogen-bond acceptors (Lipinski definition) is 4. The first kappa shape index (κ1) is 16.0. The van der Waals surface area contributed by atoms with Gasteiger partial charge in [0.05, 0.1) is 6.54 Å². The number of nitrogens with two attached hydrogens (primary N) is 1. The first-order valence-electron chi connectivity index (χ1n) is 6.91. The van der Waals surface area contributed by atoms with Crippen molar-refractivity contribution >= 4 is 23.6 Å². The van der Waals surface area contributed by atoms with E-state index in [4.69, 9.17) is 10.5 Å². The number of fused-ring (bicyclic) bond motifs is 1. The Morgan fingerprint density at radius 1 is 1.42 bits per heavy atom. The topological polar surface area (TPSA) is 113 Å². The normalized spacial score (nSPS) is 25.6. The molecule has 1 saturated heterocycles. The number of carboxylic acid groups (broad SMARTS) is 1. The van der Waals surface area contributed by atoms with Gasteiger partial charge < -0.3 is 20.5 Å². The summed E-state index contributed by atoms with van der Waals surface area (Å²) in [6, 6.07) is 0.222. The molecule has 1 aromatic rings. The maximum absolute atomic E-state index is 13.9. The molecule has 0 aliphatic carbocycles. The molecule has 0 aromatic heterocycles. The van der Waals surface area contributed by atoms with Gasteiger partial charge in [0.15, 0.2) is 11.6 Å². The third kappa shape index (κ3) is 2.14. The fourth-order valence-corrected chi connectivity index (χ4v) is 3.16. The van der Waals surface area contributed by atoms with E-state index >= 15 is 0 Å². The second kappa shape index (κ2) is 5.05. The highest BCUT2D eigenvalue weighted by Gasteiger charge is 2.58. The van der Waals surface area contributed by atoms with E-state index in [1.54, 1.807) is 0 Å². The molecule has 2 atom stereocenters. The molecule has 0 saturated carbocycles. The predicted octanol–water partition coefficient (Wildman–Crippen LogP) is 0.296. The number of hydrogen-bond donors (Lipinski definition) is 2. The Kier molecular flexibility index (Phi) is 3.36. The molecule has 1 aromatic carbocycles. The number of anilines is 1. The van der Waals surface area contributed by atoms with E-state index in [1.807, 2.05) is 0 Å². The molecule has 0 bridgehead atoms. The van der Waals surface area contributed by atoms with Crippen molar-refractivity contribution in [3.8, 4) is 5.75 Å². The van der Waals surface area contributed by atoms with E-state index in [0.717, 1.165) is 11.0 Å². The number of likely N-dealkylation sites (tertiary alicyclic amines) is 1. The molecule has 3 N–H and O–H groups in total. The van der Waals surface area contributed by atoms with Gasteiger partial charge in [-0.15, -0.1) is 0 Å². The van der Waals surface area contributed by atoms with Gasteiger partial charge in [-0.3, -0.25) is 14.5 Å². The van der Waals surface area contributed by atoms with Crippen molar-refractivity contribution in [3.63, 3.8) is 0 Å². The van der Waals surface area contributed by atoms with Crippen molar-refractivity contribution in [2.45, 2.75) is 18.1 Å². The summed E-state index contributed by atoms with van der Waals surface area (Å²) in [7, 11) is 1.26. The quantitative estimate of drug-likeness (QED) is 0.762. The number of amides is 3. The van der Waals surface area contributed by atoms with Gasteiger partial charge in [0.2, 0.25) is 11.5 Å². The van der Waals surface area contributed by atoms with Crippen LogP contribution in [-0.4, -0.2) is 53.1 Å². The molecule has 2 heterocycles. The number of benzene rings is 1. The highest BCUT2D eigenvalue weighted by atomic mass is 19.1. The van der Waals surface area contributed by atoms with Gasteiger partial charge in [-0.05, 0) is 0 Å². The van der Waals surface area contributed by atoms with Crippen molar-refractivity contribution in [2.75, 3.05) is 18.5 Å². The average molecular weight is 341 g/mol. The van der Waals surface area contributed by atoms with Crippen LogP contribution in [0, 0.1) is 11.6 Å². The number of halogens is 2. The molecule has 1 spiro atoms. The Bertz CT molecular complexity index is 747. The second-order valence-electron chi connectivity index (χ2n) is 5.73. The molecule has 24 heavy (non-hydrogen) atoms. The number of primary amides is 1. The van der Waals surface area contributed by atoms with Gasteiger partial charge in [-0.25, -0.2) is 13.6 Å². The Labute approximate surface area is 134 Å². The van der Waals surface area contributed by atoms with Gasteiger partial charge in [0.1, 0.15) is 17.5 Å². The molecule has 3 rings (SSSR count). The summed E-state index contributed by atoms with van der Waals surface area (Å²) in [5.41, 5.74) is 3.18. The first-order valence-corrected chi connectivity index (χ1v) is 6.91. The van der Waals surface area contributed by atoms with Crippen LogP contribution in [0.4, 0.5) is 19.3 Å². The zero-order valence-electron chi connectivity index (χ0n) is 12.5. The summed E-state index contributed by atoms with van der Waals surface area (Å²) >= 11 is 0. The van der Waals surface area contributed by atoms with Crippen LogP contribution in [0.25, 0.3) is 0 Å². The maximum Gasteiger partial charge on any atom is 0.408 e. The van der Waals surface area contributed by atoms with Crippen LogP contribution in [0.2, 0.25) is 0 Å². The SMILES string of the molecule is CN1C(=O)[C@]2(C[C@@H](C(N)=O)N(C(=O)O)C2)Oc2cc(F)cc(F)c21. The zero-order chi connectivity index (χ0) is 17.8. The molecule has 10 heteroatoms. The minimum Gasteiger partial charge on any atom is -0.473 e. The third-order valence-electron chi connectivity index (χ3n) is 4.23. The van der Waals surface area contributed by atoms with Crippen LogP contribution in [0.3, 0.4) is 0 Å². The molecule has 3 amide bonds. The Morgan fingerprint density at radius 2 is 2.08 bits per heavy atom. The van der Waals surface area contributed by atoms with E-state index in [0.29, 0.717) is 11.0 Å². The standard InChI is InChI=1S/C14H13F2N3O5/c1-18-10-7(16)2-6(15)3-9(10)24-14(12(18)21)4-8(11(17)20)19(5-14)13(22)23/h2-3,8H,4-5H2,1H3,(H2,17,20)(H,22,23)/t8-,14+/m0/s1. The van der Waals surface area contributed by atoms with Gasteiger partial charge in [-0.2, -0.15) is 0 Å². The maximum atomic E-state index is 13.9. The van der Waals surface area contributed by atoms with Crippen molar-refractivity contribution < 1.29 is 33.0 Å². The monoisotopic (exact) mass is 341 g/mol. The van der Waals surface area contributed by atoms with E-state index < -0.39 is 47.7 Å². The van der Waals surface area contributed by atoms with E-state index in [9.17, 15) is 28.3 Å². The Balaban J connectivity index is 2.08. The summed E-state index contributed by atoms with van der Waals surface area (Å²) in [5.74, 6) is -3.83. The highest BCUT2D eigenvalue weighted by molar-refractivity contribution is 6.04. The molecule has 1 fully saturated rings. The molecule has 0 unspecified atom stereocenters. The summed E-state index contributed by atoms with van der Waals surface area (Å²) in [5, 5.41) is 9.20. The zero-order valence-corrected chi connectivity index (χ0v) is 12.5. The lowest BCUT2D eigenvalue weighted by Crippen LogP contribution is -2.57. The first-order chi connectivity index (χ1) is 11.2. The smallest absolute Gasteiger partial charge is 0.408 e. The van der Waals surface area contributed by atoms with Gasteiger partial charge in [-0.1, -0.05) is 0 Å². The molecule has 2 aliphatic rings. The lowest BCUT2D eigenvalue weighted by molar-refractivity contribution is -0.134. The number of carbonyl (C=O) groups is 3. The fourth-order valence-electron chi connectivity index (χ4n) is 3.16. The summed E-state index contributed by atoms with van der Waals surface area (Å²) in [6.45, 7) is -0.476. The lowest BCUT2D eigenvalue weighted by atomic mass is 9.95. The van der Waals surface area contributed by atoms with Gasteiger partial charge in [0, 0.05) is 25.6 Å². The summed E-state index contributed by atoms with van der Waals surface area (Å²) in [6.07, 6.45) is -1.79. The minimum absolute atomic E-state index is 0.245. The third-order valence-corrected chi connectivity index (χ3v) is 4.23. The van der Waals surface area contributed by atoms with Crippen LogP contribution >= 0.6 is 0 Å². The summed E-state index contributed by atoms with van der Waals surface area (Å²) < 4.78 is 32.9. The number of ether oxygens (including phenoxy) is 1. The van der Waals surface area contributed by atoms with Gasteiger partial charge in [0.25, 0.3) is 5.91 Å². The Morgan fingerprint density at radius 3 is 2.62 bits per heavy atom. The van der Waals surface area contributed by atoms with Crippen molar-refractivity contribution in [1.29, 1.82) is 0 Å². The van der Waals surface area contributed by atoms with Gasteiger partial charge >= 0.3 is 6.09 Å². The molecule has 0 radical (unpaired) electrons. The fraction of sp³-hybridized carbons (Fsp3) is 0.357. The minimum atomic E-state index is -1.76. The van der Waals surface area contributed by atoms with Crippen molar-refractivity contribution in [2.24, 2.45) is 5.73 Å². The highest BCUT2D eigenvalue weighted by Crippen LogP contribution is 2.44. The lowest BCUT2D eigenvalue weighted by Gasteiger charge is -2.38. The van der Waals surface area contributed by atoms with Crippen LogP contribution in [0.15, 0.2) is 12.1 Å². The molecule has 128 valence electrons. The molecular weight excluding hydrogens is 328 g/mol. The number of rotatable bonds is 1. The average Bonchev–Trinajstić information content (AvgIpc) is 2.85. The largest absolute Gasteiger partial charge is 0.473 e. The molecule has 2 aliphatic heterocycles. The van der Waals surface area contributed by atoms with E-state index in [1.165, 1.54) is 7.05 Å². The van der Waals surface area contributed by atoms with Crippen molar-refractivity contribution in [1.82, 2.24) is 4.90 Å². The number of likely N-dealkylation sites (N-methyl/N-ethyl adjacent to an activating group) is 1. The van der Waals surface area contributed by atoms with Crippen molar-refractivity contribution in [3.05, 3.63) is 23.8 Å². The Hall–Kier alpha value is -2.91. The predicted molar refractivity (Wildman–Crippen MR) is 75.5 cm³/mol. The summed E-state index contributed by atoms with van der Waals surface area (Å²) in [4.78, 5) is 37.1.